The maximum absolute atomic E-state index is 14.3. The van der Waals surface area contributed by atoms with E-state index in [0.717, 1.165) is 12.1 Å². The summed E-state index contributed by atoms with van der Waals surface area (Å²) in [6, 6.07) is 6.15. The molecule has 11 nitrogen and oxygen atoms in total. The van der Waals surface area contributed by atoms with E-state index in [1.165, 1.54) is 23.6 Å². The molecule has 3 aromatic heterocycles. The first-order valence-electron chi connectivity index (χ1n) is 14.2. The van der Waals surface area contributed by atoms with Crippen LogP contribution in [0.5, 0.6) is 0 Å². The van der Waals surface area contributed by atoms with Gasteiger partial charge < -0.3 is 26.6 Å². The van der Waals surface area contributed by atoms with E-state index in [1.54, 1.807) is 13.0 Å². The highest BCUT2D eigenvalue weighted by atomic mass is 32.2. The lowest BCUT2D eigenvalue weighted by Gasteiger charge is -2.21. The summed E-state index contributed by atoms with van der Waals surface area (Å²) < 4.78 is 82.9. The third kappa shape index (κ3) is 6.56. The SMILES string of the molecule is Cc1nc(NCc2c(F)cccc2F)nc(N[C@@H]2C[C@H](CS(=O)(=O)c3cc(F)cc(F)c3)[C@@H](O)[C@H]2O)c1-c1nc2c(N)nccc2s1. The van der Waals surface area contributed by atoms with Gasteiger partial charge in [0, 0.05) is 30.3 Å². The molecule has 0 saturated heterocycles. The van der Waals surface area contributed by atoms with E-state index in [0.29, 0.717) is 44.7 Å². The number of aromatic nitrogens is 4. The van der Waals surface area contributed by atoms with E-state index in [-0.39, 0.29) is 36.1 Å². The largest absolute Gasteiger partial charge is 0.390 e. The summed E-state index contributed by atoms with van der Waals surface area (Å²) in [5.74, 6) is -5.13. The fraction of sp³-hybridized carbons (Fsp3) is 0.267. The number of rotatable bonds is 9. The predicted octanol–water partition coefficient (Wildman–Crippen LogP) is 4.20. The number of nitrogens with two attached hydrogens (primary N) is 1. The molecule has 6 rings (SSSR count). The number of fused-ring (bicyclic) bond motifs is 1. The van der Waals surface area contributed by atoms with Crippen LogP contribution in [-0.2, 0) is 16.4 Å². The average Bonchev–Trinajstić information content (AvgIpc) is 3.53. The molecule has 3 heterocycles. The van der Waals surface area contributed by atoms with Crippen LogP contribution in [-0.4, -0.2) is 62.6 Å². The maximum atomic E-state index is 14.3. The van der Waals surface area contributed by atoms with Gasteiger partial charge in [0.05, 0.1) is 38.8 Å². The Balaban J connectivity index is 1.33. The topological polar surface area (TPSA) is 176 Å². The summed E-state index contributed by atoms with van der Waals surface area (Å²) in [4.78, 5) is 17.1. The first-order valence-corrected chi connectivity index (χ1v) is 16.7. The lowest BCUT2D eigenvalue weighted by molar-refractivity contribution is 0.0216. The quantitative estimate of drug-likeness (QED) is 0.140. The van der Waals surface area contributed by atoms with Gasteiger partial charge >= 0.3 is 0 Å². The molecule has 1 fully saturated rings. The number of aliphatic hydroxyl groups is 2. The van der Waals surface area contributed by atoms with Crippen molar-refractivity contribution >= 4 is 49.0 Å². The standard InChI is InChI=1S/C30H27F4N7O4S2/c1-13-23(29-40-24-22(46-29)5-6-36-27(24)35)28(41-30(38-13)37-11-18-19(33)3-2-4-20(18)34)39-21-7-14(25(42)26(21)43)12-47(44,45)17-9-15(31)8-16(32)10-17/h2-6,8-10,14,21,25-26,42-43H,7,11-12H2,1H3,(H2,35,36)(H2,37,38,39,41)/t14-,21-,25-,26+/m1/s1. The molecule has 17 heteroatoms. The molecule has 2 aromatic carbocycles. The van der Waals surface area contributed by atoms with Crippen LogP contribution in [0, 0.1) is 36.1 Å². The molecule has 6 N–H and O–H groups in total. The third-order valence-corrected chi connectivity index (χ3v) is 10.7. The third-order valence-electron chi connectivity index (χ3n) is 7.88. The van der Waals surface area contributed by atoms with Crippen molar-refractivity contribution in [2.24, 2.45) is 5.92 Å². The average molecular weight is 690 g/mol. The molecular formula is C30H27F4N7O4S2. The van der Waals surface area contributed by atoms with Crippen LogP contribution in [0.15, 0.2) is 53.6 Å². The lowest BCUT2D eigenvalue weighted by Crippen LogP contribution is -2.36. The van der Waals surface area contributed by atoms with Crippen LogP contribution in [0.1, 0.15) is 17.7 Å². The molecule has 0 amide bonds. The molecule has 5 aromatic rings. The number of nitrogens with one attached hydrogen (secondary N) is 2. The number of pyridine rings is 1. The van der Waals surface area contributed by atoms with Crippen LogP contribution in [0.25, 0.3) is 20.8 Å². The zero-order valence-corrected chi connectivity index (χ0v) is 26.1. The van der Waals surface area contributed by atoms with E-state index >= 15 is 0 Å². The smallest absolute Gasteiger partial charge is 0.225 e. The number of aliphatic hydroxyl groups excluding tert-OH is 2. The van der Waals surface area contributed by atoms with Crippen LogP contribution >= 0.6 is 11.3 Å². The zero-order chi connectivity index (χ0) is 33.6. The number of anilines is 3. The summed E-state index contributed by atoms with van der Waals surface area (Å²) in [5, 5.41) is 28.2. The second-order valence-corrected chi connectivity index (χ2v) is 14.2. The Morgan fingerprint density at radius 1 is 1.00 bits per heavy atom. The summed E-state index contributed by atoms with van der Waals surface area (Å²) in [7, 11) is -4.27. The second-order valence-electron chi connectivity index (χ2n) is 11.1. The molecule has 1 aliphatic carbocycles. The summed E-state index contributed by atoms with van der Waals surface area (Å²) in [6.07, 6.45) is -1.56. The number of nitrogen functional groups attached to an aromatic ring is 1. The monoisotopic (exact) mass is 689 g/mol. The summed E-state index contributed by atoms with van der Waals surface area (Å²) >= 11 is 1.26. The molecule has 0 unspecified atom stereocenters. The Hall–Kier alpha value is -4.45. The first kappa shape index (κ1) is 32.5. The van der Waals surface area contributed by atoms with Gasteiger partial charge in [0.1, 0.15) is 45.7 Å². The van der Waals surface area contributed by atoms with Gasteiger partial charge in [-0.05, 0) is 43.7 Å². The highest BCUT2D eigenvalue weighted by molar-refractivity contribution is 7.91. The Morgan fingerprint density at radius 2 is 1.70 bits per heavy atom. The van der Waals surface area contributed by atoms with Crippen molar-refractivity contribution in [3.8, 4) is 10.6 Å². The van der Waals surface area contributed by atoms with Crippen molar-refractivity contribution in [3.05, 3.63) is 83.2 Å². The Labute approximate surface area is 269 Å². The van der Waals surface area contributed by atoms with Crippen LogP contribution in [0.3, 0.4) is 0 Å². The molecular weight excluding hydrogens is 663 g/mol. The number of hydrogen-bond donors (Lipinski definition) is 5. The van der Waals surface area contributed by atoms with E-state index in [1.807, 2.05) is 0 Å². The number of halogens is 4. The van der Waals surface area contributed by atoms with Crippen molar-refractivity contribution in [2.75, 3.05) is 22.1 Å². The highest BCUT2D eigenvalue weighted by Gasteiger charge is 2.44. The second kappa shape index (κ2) is 12.6. The van der Waals surface area contributed by atoms with Crippen molar-refractivity contribution in [1.82, 2.24) is 19.9 Å². The van der Waals surface area contributed by atoms with Crippen molar-refractivity contribution in [1.29, 1.82) is 0 Å². The number of sulfone groups is 1. The minimum absolute atomic E-state index is 0.0287. The molecule has 1 aliphatic rings. The van der Waals surface area contributed by atoms with Crippen molar-refractivity contribution in [2.45, 2.75) is 43.0 Å². The highest BCUT2D eigenvalue weighted by Crippen LogP contribution is 2.39. The number of nitrogens with zero attached hydrogens (tertiary/aromatic N) is 4. The lowest BCUT2D eigenvalue weighted by atomic mass is 10.1. The molecule has 4 atom stereocenters. The molecule has 0 spiro atoms. The minimum atomic E-state index is -4.27. The van der Waals surface area contributed by atoms with Gasteiger partial charge in [-0.2, -0.15) is 4.98 Å². The maximum Gasteiger partial charge on any atom is 0.225 e. The van der Waals surface area contributed by atoms with Gasteiger partial charge in [-0.25, -0.2) is 40.9 Å². The molecule has 1 saturated carbocycles. The van der Waals surface area contributed by atoms with E-state index < -0.39 is 67.9 Å². The van der Waals surface area contributed by atoms with Crippen LogP contribution < -0.4 is 16.4 Å². The Kier molecular flexibility index (Phi) is 8.73. The zero-order valence-electron chi connectivity index (χ0n) is 24.5. The molecule has 246 valence electrons. The first-order chi connectivity index (χ1) is 22.3. The van der Waals surface area contributed by atoms with Gasteiger partial charge in [0.25, 0.3) is 0 Å². The molecule has 0 bridgehead atoms. The minimum Gasteiger partial charge on any atom is -0.390 e. The summed E-state index contributed by atoms with van der Waals surface area (Å²) in [5.41, 5.74) is 6.99. The van der Waals surface area contributed by atoms with Gasteiger partial charge in [-0.15, -0.1) is 11.3 Å². The Morgan fingerprint density at radius 3 is 2.38 bits per heavy atom. The molecule has 47 heavy (non-hydrogen) atoms. The number of hydrogen-bond acceptors (Lipinski definition) is 12. The number of aryl methyl sites for hydroxylation is 1. The van der Waals surface area contributed by atoms with Gasteiger partial charge in [-0.1, -0.05) is 6.07 Å². The molecule has 0 radical (unpaired) electrons. The predicted molar refractivity (Wildman–Crippen MR) is 167 cm³/mol. The van der Waals surface area contributed by atoms with E-state index in [9.17, 15) is 36.2 Å². The van der Waals surface area contributed by atoms with Gasteiger partial charge in [-0.3, -0.25) is 0 Å². The van der Waals surface area contributed by atoms with Crippen LogP contribution in [0.4, 0.5) is 35.1 Å². The molecule has 0 aliphatic heterocycles. The number of benzene rings is 2. The number of thiazole rings is 1. The normalized spacial score (nSPS) is 19.7. The summed E-state index contributed by atoms with van der Waals surface area (Å²) in [6.45, 7) is 1.35. The fourth-order valence-corrected chi connectivity index (χ4v) is 8.30. The van der Waals surface area contributed by atoms with E-state index in [4.69, 9.17) is 5.73 Å². The fourth-order valence-electron chi connectivity index (χ4n) is 5.56. The Bertz CT molecular complexity index is 2060. The van der Waals surface area contributed by atoms with Gasteiger partial charge in [0.2, 0.25) is 5.95 Å². The van der Waals surface area contributed by atoms with Crippen molar-refractivity contribution in [3.63, 3.8) is 0 Å². The van der Waals surface area contributed by atoms with Crippen LogP contribution in [0.2, 0.25) is 0 Å². The van der Waals surface area contributed by atoms with E-state index in [2.05, 4.69) is 30.6 Å². The van der Waals surface area contributed by atoms with Crippen molar-refractivity contribution < 1.29 is 36.2 Å². The van der Waals surface area contributed by atoms with Gasteiger partial charge in [0.15, 0.2) is 15.7 Å².